The van der Waals surface area contributed by atoms with E-state index < -0.39 is 0 Å². The summed E-state index contributed by atoms with van der Waals surface area (Å²) >= 11 is 3.79. The molecule has 0 atom stereocenters. The van der Waals surface area contributed by atoms with Crippen LogP contribution in [0.25, 0.3) is 75.0 Å². The number of rotatable bonds is 2. The highest BCUT2D eigenvalue weighted by Gasteiger charge is 2.20. The van der Waals surface area contributed by atoms with Gasteiger partial charge in [-0.05, 0) is 66.4 Å². The Hall–Kier alpha value is -4.69. The van der Waals surface area contributed by atoms with Gasteiger partial charge < -0.3 is 4.57 Å². The fourth-order valence-electron chi connectivity index (χ4n) is 6.67. The molecule has 0 unspecified atom stereocenters. The van der Waals surface area contributed by atoms with Crippen LogP contribution in [0.5, 0.6) is 0 Å². The Morgan fingerprint density at radius 3 is 2.20 bits per heavy atom. The second-order valence-corrected chi connectivity index (χ2v) is 12.9. The van der Waals surface area contributed by atoms with Gasteiger partial charge in [-0.2, -0.15) is 5.26 Å². The molecule has 3 heterocycles. The molecule has 8 aromatic rings. The van der Waals surface area contributed by atoms with Gasteiger partial charge in [0.05, 0.1) is 22.8 Å². The quantitative estimate of drug-likeness (QED) is 0.207. The van der Waals surface area contributed by atoms with Crippen molar-refractivity contribution in [3.63, 3.8) is 0 Å². The smallest absolute Gasteiger partial charge is 0.0947 e. The molecule has 0 aliphatic heterocycles. The number of aromatic nitrogens is 1. The molecular weight excluding hydrogens is 537 g/mol. The number of nitriles is 1. The minimum absolute atomic E-state index is 0.841. The molecular formula is C37H22N2S2. The highest BCUT2D eigenvalue weighted by atomic mass is 32.1. The number of aryl methyl sites for hydroxylation is 1. The zero-order valence-electron chi connectivity index (χ0n) is 22.0. The first-order valence-corrected chi connectivity index (χ1v) is 15.5. The van der Waals surface area contributed by atoms with E-state index in [4.69, 9.17) is 0 Å². The van der Waals surface area contributed by atoms with Crippen LogP contribution in [0.1, 0.15) is 16.9 Å². The molecule has 0 N–H and O–H groups in total. The molecule has 4 heteroatoms. The topological polar surface area (TPSA) is 28.7 Å². The van der Waals surface area contributed by atoms with Crippen molar-refractivity contribution in [2.24, 2.45) is 0 Å². The molecule has 3 aromatic heterocycles. The summed E-state index contributed by atoms with van der Waals surface area (Å²) in [5, 5.41) is 16.0. The van der Waals surface area contributed by atoms with Gasteiger partial charge in [0, 0.05) is 57.0 Å². The maximum Gasteiger partial charge on any atom is 0.0947 e. The van der Waals surface area contributed by atoms with Gasteiger partial charge in [0.2, 0.25) is 0 Å². The summed E-state index contributed by atoms with van der Waals surface area (Å²) < 4.78 is 6.40. The number of para-hydroxylation sites is 3. The van der Waals surface area contributed by atoms with E-state index in [0.29, 0.717) is 0 Å². The summed E-state index contributed by atoms with van der Waals surface area (Å²) in [6.45, 7) is 0. The Morgan fingerprint density at radius 2 is 1.39 bits per heavy atom. The monoisotopic (exact) mass is 558 g/mol. The SMILES string of the molecule is N#CC1=Cc2c(sc3c2ccc2sc4ccc(-c5ccccc5-n5c6ccccc6c6ccccc65)cc4c23)CC1. The van der Waals surface area contributed by atoms with E-state index in [1.165, 1.54) is 79.3 Å². The molecule has 0 saturated carbocycles. The van der Waals surface area contributed by atoms with Crippen LogP contribution < -0.4 is 0 Å². The first-order chi connectivity index (χ1) is 20.3. The molecule has 9 rings (SSSR count). The zero-order chi connectivity index (χ0) is 27.1. The highest BCUT2D eigenvalue weighted by Crippen LogP contribution is 2.46. The molecule has 41 heavy (non-hydrogen) atoms. The Balaban J connectivity index is 1.31. The van der Waals surface area contributed by atoms with Gasteiger partial charge >= 0.3 is 0 Å². The van der Waals surface area contributed by atoms with Crippen molar-refractivity contribution < 1.29 is 0 Å². The molecule has 192 valence electrons. The minimum Gasteiger partial charge on any atom is -0.309 e. The molecule has 0 bridgehead atoms. The van der Waals surface area contributed by atoms with E-state index in [-0.39, 0.29) is 0 Å². The molecule has 1 aliphatic rings. The third kappa shape index (κ3) is 3.28. The van der Waals surface area contributed by atoms with Gasteiger partial charge in [-0.3, -0.25) is 0 Å². The van der Waals surface area contributed by atoms with E-state index in [1.807, 2.05) is 22.7 Å². The van der Waals surface area contributed by atoms with Crippen LogP contribution in [-0.4, -0.2) is 4.57 Å². The van der Waals surface area contributed by atoms with Crippen molar-refractivity contribution in [3.8, 4) is 22.9 Å². The van der Waals surface area contributed by atoms with E-state index in [9.17, 15) is 5.26 Å². The second-order valence-electron chi connectivity index (χ2n) is 10.7. The van der Waals surface area contributed by atoms with Crippen LogP contribution in [0.2, 0.25) is 0 Å². The number of hydrogen-bond acceptors (Lipinski definition) is 3. The third-order valence-corrected chi connectivity index (χ3v) is 11.0. The number of hydrogen-bond donors (Lipinski definition) is 0. The molecule has 0 radical (unpaired) electrons. The molecule has 2 nitrogen and oxygen atoms in total. The van der Waals surface area contributed by atoms with Gasteiger partial charge in [0.15, 0.2) is 0 Å². The lowest BCUT2D eigenvalue weighted by Crippen LogP contribution is -1.96. The van der Waals surface area contributed by atoms with Gasteiger partial charge in [-0.15, -0.1) is 22.7 Å². The maximum absolute atomic E-state index is 9.54. The summed E-state index contributed by atoms with van der Waals surface area (Å²) in [6, 6.07) is 40.1. The summed E-state index contributed by atoms with van der Waals surface area (Å²) in [5.41, 5.74) is 8.21. The van der Waals surface area contributed by atoms with Gasteiger partial charge in [-0.25, -0.2) is 0 Å². The Bertz CT molecular complexity index is 2390. The number of fused-ring (bicyclic) bond motifs is 10. The maximum atomic E-state index is 9.54. The molecule has 0 saturated heterocycles. The predicted octanol–water partition coefficient (Wildman–Crippen LogP) is 10.9. The summed E-state index contributed by atoms with van der Waals surface area (Å²) in [5.74, 6) is 0. The average molecular weight is 559 g/mol. The summed E-state index contributed by atoms with van der Waals surface area (Å²) in [4.78, 5) is 1.40. The fraction of sp³-hybridized carbons (Fsp3) is 0.0541. The normalized spacial score (nSPS) is 13.3. The van der Waals surface area contributed by atoms with Gasteiger partial charge in [0.1, 0.15) is 0 Å². The van der Waals surface area contributed by atoms with Crippen LogP contribution in [0.4, 0.5) is 0 Å². The number of thiophene rings is 2. The Kier molecular flexibility index (Phi) is 4.87. The lowest BCUT2D eigenvalue weighted by molar-refractivity contribution is 0.979. The standard InChI is InChI=1S/C37H22N2S2/c38-21-22-13-16-33-28(19-22)27-15-18-35-36(37(27)41-33)29-20-23(14-17-34(29)40-35)24-7-1-4-10-30(24)39-31-11-5-2-8-25(31)26-9-3-6-12-32(26)39/h1-12,14-15,17-20H,13,16H2. The van der Waals surface area contributed by atoms with E-state index >= 15 is 0 Å². The first-order valence-electron chi connectivity index (χ1n) is 13.9. The first kappa shape index (κ1) is 23.1. The molecule has 0 fully saturated rings. The number of allylic oxidation sites excluding steroid dienone is 1. The number of benzene rings is 5. The third-order valence-electron chi connectivity index (χ3n) is 8.52. The van der Waals surface area contributed by atoms with Crippen molar-refractivity contribution in [2.75, 3.05) is 0 Å². The van der Waals surface area contributed by atoms with Gasteiger partial charge in [-0.1, -0.05) is 66.7 Å². The summed E-state index contributed by atoms with van der Waals surface area (Å²) in [7, 11) is 0. The van der Waals surface area contributed by atoms with Crippen molar-refractivity contribution in [3.05, 3.63) is 119 Å². The van der Waals surface area contributed by atoms with Crippen LogP contribution in [0, 0.1) is 11.3 Å². The Labute approximate surface area is 244 Å². The predicted molar refractivity (Wildman–Crippen MR) is 176 cm³/mol. The molecule has 5 aromatic carbocycles. The van der Waals surface area contributed by atoms with E-state index in [2.05, 4.69) is 120 Å². The van der Waals surface area contributed by atoms with Crippen LogP contribution >= 0.6 is 22.7 Å². The van der Waals surface area contributed by atoms with E-state index in [0.717, 1.165) is 18.4 Å². The van der Waals surface area contributed by atoms with Crippen molar-refractivity contribution >= 4 is 80.8 Å². The minimum atomic E-state index is 0.841. The number of nitrogens with zero attached hydrogens (tertiary/aromatic N) is 2. The fourth-order valence-corrected chi connectivity index (χ4v) is 9.17. The molecule has 1 aliphatic carbocycles. The average Bonchev–Trinajstić information content (AvgIpc) is 3.69. The van der Waals surface area contributed by atoms with Crippen LogP contribution in [0.3, 0.4) is 0 Å². The lowest BCUT2D eigenvalue weighted by Gasteiger charge is -2.14. The van der Waals surface area contributed by atoms with Gasteiger partial charge in [0.25, 0.3) is 0 Å². The largest absolute Gasteiger partial charge is 0.309 e. The van der Waals surface area contributed by atoms with Crippen molar-refractivity contribution in [1.82, 2.24) is 4.57 Å². The molecule has 0 amide bonds. The van der Waals surface area contributed by atoms with Crippen LogP contribution in [0.15, 0.2) is 109 Å². The lowest BCUT2D eigenvalue weighted by atomic mass is 9.96. The zero-order valence-corrected chi connectivity index (χ0v) is 23.7. The van der Waals surface area contributed by atoms with E-state index in [1.54, 1.807) is 0 Å². The van der Waals surface area contributed by atoms with Crippen molar-refractivity contribution in [1.29, 1.82) is 5.26 Å². The second kappa shape index (κ2) is 8.65. The Morgan fingerprint density at radius 1 is 0.659 bits per heavy atom. The summed E-state index contributed by atoms with van der Waals surface area (Å²) in [6.07, 6.45) is 3.91. The van der Waals surface area contributed by atoms with Crippen LogP contribution in [-0.2, 0) is 6.42 Å². The highest BCUT2D eigenvalue weighted by molar-refractivity contribution is 7.27. The molecule has 0 spiro atoms. The van der Waals surface area contributed by atoms with Crippen molar-refractivity contribution in [2.45, 2.75) is 12.8 Å².